The van der Waals surface area contributed by atoms with Crippen LogP contribution < -0.4 is 9.50 Å². The molecule has 0 fully saturated rings. The molecule has 0 aliphatic carbocycles. The maximum atomic E-state index is 13.1. The average molecular weight is 542 g/mol. The summed E-state index contributed by atoms with van der Waals surface area (Å²) in [6.07, 6.45) is -0.798. The third kappa shape index (κ3) is 7.49. The second-order valence-corrected chi connectivity index (χ2v) is 9.87. The summed E-state index contributed by atoms with van der Waals surface area (Å²) >= 11 is 5.96. The molecule has 0 saturated carbocycles. The topological polar surface area (TPSA) is 126 Å². The number of ether oxygens (including phenoxy) is 2. The van der Waals surface area contributed by atoms with Gasteiger partial charge in [0.05, 0.1) is 13.2 Å². The Morgan fingerprint density at radius 3 is 2.40 bits per heavy atom. The lowest BCUT2D eigenvalue weighted by Crippen LogP contribution is -2.34. The van der Waals surface area contributed by atoms with Gasteiger partial charge in [0.1, 0.15) is 11.3 Å². The van der Waals surface area contributed by atoms with Gasteiger partial charge >= 0.3 is 27.7 Å². The van der Waals surface area contributed by atoms with Crippen LogP contribution in [-0.2, 0) is 26.1 Å². The number of halogens is 4. The van der Waals surface area contributed by atoms with Crippen LogP contribution in [0.3, 0.4) is 0 Å². The molecule has 2 aromatic rings. The molecule has 0 saturated heterocycles. The summed E-state index contributed by atoms with van der Waals surface area (Å²) < 4.78 is 78.1. The van der Waals surface area contributed by atoms with Gasteiger partial charge in [0, 0.05) is 17.1 Å². The number of benzene rings is 1. The number of hydrogen-bond acceptors (Lipinski definition) is 8. The van der Waals surface area contributed by atoms with Crippen molar-refractivity contribution in [2.24, 2.45) is 0 Å². The largest absolute Gasteiger partial charge is 0.534 e. The molecular weight excluding hydrogens is 519 g/mol. The van der Waals surface area contributed by atoms with Gasteiger partial charge in [-0.1, -0.05) is 23.7 Å². The third-order valence-electron chi connectivity index (χ3n) is 3.94. The number of alkyl halides is 3. The lowest BCUT2D eigenvalue weighted by Gasteiger charge is -2.19. The van der Waals surface area contributed by atoms with Crippen LogP contribution in [0.5, 0.6) is 5.75 Å². The molecule has 2 rings (SSSR count). The molecule has 0 unspecified atom stereocenters. The van der Waals surface area contributed by atoms with E-state index >= 15 is 0 Å². The van der Waals surface area contributed by atoms with Crippen LogP contribution in [0.1, 0.15) is 38.2 Å². The predicted molar refractivity (Wildman–Crippen MR) is 118 cm³/mol. The molecule has 10 nitrogen and oxygen atoms in total. The predicted octanol–water partition coefficient (Wildman–Crippen LogP) is 4.13. The van der Waals surface area contributed by atoms with Crippen molar-refractivity contribution in [2.75, 3.05) is 13.2 Å². The van der Waals surface area contributed by atoms with Crippen molar-refractivity contribution in [1.29, 1.82) is 0 Å². The van der Waals surface area contributed by atoms with Crippen molar-refractivity contribution in [3.8, 4) is 17.0 Å². The molecule has 1 N–H and O–H groups in total. The monoisotopic (exact) mass is 541 g/mol. The molecule has 0 aliphatic rings. The maximum absolute atomic E-state index is 13.1. The van der Waals surface area contributed by atoms with E-state index in [-0.39, 0.29) is 30.3 Å². The van der Waals surface area contributed by atoms with Crippen LogP contribution in [0.2, 0.25) is 5.02 Å². The van der Waals surface area contributed by atoms with Gasteiger partial charge in [-0.05, 0) is 39.8 Å². The molecule has 35 heavy (non-hydrogen) atoms. The van der Waals surface area contributed by atoms with Gasteiger partial charge < -0.3 is 19.0 Å². The molecule has 1 heterocycles. The number of hydrogen-bond donors (Lipinski definition) is 1. The zero-order chi connectivity index (χ0) is 26.6. The van der Waals surface area contributed by atoms with E-state index in [1.54, 1.807) is 20.8 Å². The highest BCUT2D eigenvalue weighted by atomic mass is 35.5. The number of carbonyl (C=O) groups excluding carboxylic acids is 2. The summed E-state index contributed by atoms with van der Waals surface area (Å²) in [6, 6.07) is 5.56. The first-order chi connectivity index (χ1) is 16.1. The summed E-state index contributed by atoms with van der Waals surface area (Å²) in [5.41, 5.74) is -7.64. The van der Waals surface area contributed by atoms with Crippen LogP contribution in [0.25, 0.3) is 11.3 Å². The second kappa shape index (κ2) is 10.7. The van der Waals surface area contributed by atoms with Crippen molar-refractivity contribution in [3.05, 3.63) is 35.0 Å². The highest BCUT2D eigenvalue weighted by Gasteiger charge is 2.50. The van der Waals surface area contributed by atoms with E-state index in [1.807, 2.05) is 0 Å². The smallest absolute Gasteiger partial charge is 0.461 e. The number of esters is 1. The standard InChI is InChI=1S/C20H23ClF3N3O7S/c1-5-32-17(28)15-16(34-35(30,31)20(22,23)24)14(12-7-6-8-13(21)11-12)26-27(15)10-9-25-18(29)33-19(2,3)4/h6-8,11H,5,9-10H2,1-4H3,(H,25,29). The molecule has 15 heteroatoms. The summed E-state index contributed by atoms with van der Waals surface area (Å²) in [5.74, 6) is -2.20. The summed E-state index contributed by atoms with van der Waals surface area (Å²) in [4.78, 5) is 24.5. The Labute approximate surface area is 204 Å². The Hall–Kier alpha value is -3.00. The minimum Gasteiger partial charge on any atom is -0.461 e. The Kier molecular flexibility index (Phi) is 8.65. The molecule has 194 valence electrons. The van der Waals surface area contributed by atoms with E-state index in [0.29, 0.717) is 0 Å². The first kappa shape index (κ1) is 28.2. The average Bonchev–Trinajstić information content (AvgIpc) is 3.03. The van der Waals surface area contributed by atoms with Gasteiger partial charge in [-0.3, -0.25) is 4.68 Å². The quantitative estimate of drug-likeness (QED) is 0.300. The molecule has 1 aromatic heterocycles. The van der Waals surface area contributed by atoms with Gasteiger partial charge in [0.25, 0.3) is 0 Å². The van der Waals surface area contributed by atoms with E-state index in [2.05, 4.69) is 14.6 Å². The zero-order valence-corrected chi connectivity index (χ0v) is 20.7. The van der Waals surface area contributed by atoms with Crippen LogP contribution in [0.15, 0.2) is 24.3 Å². The lowest BCUT2D eigenvalue weighted by atomic mass is 10.1. The van der Waals surface area contributed by atoms with Crippen LogP contribution in [0, 0.1) is 0 Å². The highest BCUT2D eigenvalue weighted by Crippen LogP contribution is 2.38. The fraction of sp³-hybridized carbons (Fsp3) is 0.450. The number of amides is 1. The minimum absolute atomic E-state index is 0.0641. The highest BCUT2D eigenvalue weighted by molar-refractivity contribution is 7.88. The molecule has 0 radical (unpaired) electrons. The number of rotatable bonds is 8. The molecule has 0 spiro atoms. The SMILES string of the molecule is CCOC(=O)c1c(OS(=O)(=O)C(F)(F)F)c(-c2cccc(Cl)c2)nn1CCNC(=O)OC(C)(C)C. The van der Waals surface area contributed by atoms with Crippen molar-refractivity contribution >= 4 is 33.8 Å². The second-order valence-electron chi connectivity index (χ2n) is 7.89. The Morgan fingerprint density at radius 1 is 1.20 bits per heavy atom. The van der Waals surface area contributed by atoms with E-state index in [4.69, 9.17) is 21.1 Å². The van der Waals surface area contributed by atoms with Crippen molar-refractivity contribution in [3.63, 3.8) is 0 Å². The van der Waals surface area contributed by atoms with E-state index in [0.717, 1.165) is 4.68 Å². The first-order valence-electron chi connectivity index (χ1n) is 10.1. The number of alkyl carbamates (subject to hydrolysis) is 1. The molecular formula is C20H23ClF3N3O7S. The number of nitrogens with one attached hydrogen (secondary N) is 1. The fourth-order valence-corrected chi connectivity index (χ4v) is 3.31. The lowest BCUT2D eigenvalue weighted by molar-refractivity contribution is -0.0500. The molecule has 1 aromatic carbocycles. The van der Waals surface area contributed by atoms with E-state index in [1.165, 1.54) is 31.2 Å². The summed E-state index contributed by atoms with van der Waals surface area (Å²) in [6.45, 7) is 5.70. The van der Waals surface area contributed by atoms with Gasteiger partial charge in [-0.15, -0.1) is 0 Å². The summed E-state index contributed by atoms with van der Waals surface area (Å²) in [7, 11) is -6.19. The molecule has 0 atom stereocenters. The van der Waals surface area contributed by atoms with Gasteiger partial charge in [-0.25, -0.2) is 9.59 Å². The van der Waals surface area contributed by atoms with Gasteiger partial charge in [0.2, 0.25) is 5.75 Å². The Balaban J connectivity index is 2.58. The van der Waals surface area contributed by atoms with Crippen molar-refractivity contribution in [2.45, 2.75) is 45.3 Å². The Morgan fingerprint density at radius 2 is 1.86 bits per heavy atom. The minimum atomic E-state index is -6.19. The molecule has 1 amide bonds. The Bertz CT molecular complexity index is 1190. The van der Waals surface area contributed by atoms with Crippen molar-refractivity contribution in [1.82, 2.24) is 15.1 Å². The van der Waals surface area contributed by atoms with Gasteiger partial charge in [0.15, 0.2) is 5.69 Å². The van der Waals surface area contributed by atoms with Gasteiger partial charge in [-0.2, -0.15) is 26.7 Å². The van der Waals surface area contributed by atoms with Crippen molar-refractivity contribution < 1.29 is 44.8 Å². The zero-order valence-electron chi connectivity index (χ0n) is 19.1. The molecule has 0 bridgehead atoms. The van der Waals surface area contributed by atoms with Crippen LogP contribution in [0.4, 0.5) is 18.0 Å². The normalized spacial score (nSPS) is 12.2. The number of carbonyl (C=O) groups is 2. The van der Waals surface area contributed by atoms with Crippen LogP contribution >= 0.6 is 11.6 Å². The fourth-order valence-electron chi connectivity index (χ4n) is 2.64. The van der Waals surface area contributed by atoms with E-state index < -0.39 is 50.4 Å². The third-order valence-corrected chi connectivity index (χ3v) is 5.13. The first-order valence-corrected chi connectivity index (χ1v) is 11.9. The maximum Gasteiger partial charge on any atom is 0.534 e. The number of aromatic nitrogens is 2. The molecule has 0 aliphatic heterocycles. The summed E-state index contributed by atoms with van der Waals surface area (Å²) in [5, 5.41) is 6.63. The number of nitrogens with zero attached hydrogens (tertiary/aromatic N) is 2. The van der Waals surface area contributed by atoms with E-state index in [9.17, 15) is 31.2 Å². The van der Waals surface area contributed by atoms with Crippen LogP contribution in [-0.4, -0.2) is 54.5 Å².